The number of para-hydroxylation sites is 1. The van der Waals surface area contributed by atoms with Gasteiger partial charge in [0, 0.05) is 30.4 Å². The number of fused-ring (bicyclic) bond motifs is 1. The molecule has 0 radical (unpaired) electrons. The van der Waals surface area contributed by atoms with Crippen LogP contribution in [0.1, 0.15) is 54.5 Å². The van der Waals surface area contributed by atoms with Gasteiger partial charge in [0.05, 0.1) is 36.1 Å². The van der Waals surface area contributed by atoms with Crippen molar-refractivity contribution in [2.75, 3.05) is 11.5 Å². The average molecular weight is 627 g/mol. The highest BCUT2D eigenvalue weighted by Gasteiger charge is 2.50. The van der Waals surface area contributed by atoms with E-state index >= 15 is 4.11 Å². The van der Waals surface area contributed by atoms with Crippen molar-refractivity contribution in [3.8, 4) is 0 Å². The molecule has 0 saturated carbocycles. The Morgan fingerprint density at radius 1 is 0.978 bits per heavy atom. The summed E-state index contributed by atoms with van der Waals surface area (Å²) in [6, 6.07) is 26.2. The zero-order valence-electron chi connectivity index (χ0n) is 26.3. The largest absolute Gasteiger partial charge is 0.395 e. The van der Waals surface area contributed by atoms with Crippen molar-refractivity contribution in [2.24, 2.45) is 5.92 Å². The molecule has 2 aliphatic heterocycles. The third-order valence-corrected chi connectivity index (χ3v) is 12.1. The van der Waals surface area contributed by atoms with Crippen LogP contribution in [0, 0.1) is 5.92 Å². The summed E-state index contributed by atoms with van der Waals surface area (Å²) in [6.07, 6.45) is 5.26. The summed E-state index contributed by atoms with van der Waals surface area (Å²) in [6.45, 7) is 6.26. The number of aryl methyl sites for hydroxylation is 3. The normalized spacial score (nSPS) is 22.4. The van der Waals surface area contributed by atoms with E-state index in [-0.39, 0.29) is 42.1 Å². The SMILES string of the molecule is C[C@H]1[C@H]([Si](C)(C)F)[C@@H](CCn2cc(C(CO)c3ccccc3)nn2)O[C@H]1CCc1ccc(N2C(=O)CCc3ccccc32)cc1. The standard InChI is InChI=1S/C36H43FN4O3Si/c1-25-33(19-15-26-13-17-29(18-14-26)41-32-12-8-7-11-28(32)16-20-35(41)43)44-34(36(25)45(2,3)37)21-22-40-23-31(38-39-40)30(24-42)27-9-5-4-6-10-27/h4-14,17-18,23,25,30,33-34,36,42H,15-16,19-22,24H2,1-3H3/t25-,30?,33+,34-,36+/m1/s1. The molecule has 1 amide bonds. The first kappa shape index (κ1) is 31.3. The molecule has 6 rings (SSSR count). The van der Waals surface area contributed by atoms with E-state index in [0.717, 1.165) is 41.9 Å². The predicted molar refractivity (Wildman–Crippen MR) is 177 cm³/mol. The summed E-state index contributed by atoms with van der Waals surface area (Å²) >= 11 is 0. The fourth-order valence-electron chi connectivity index (χ4n) is 7.38. The van der Waals surface area contributed by atoms with E-state index in [1.165, 1.54) is 11.1 Å². The molecule has 0 spiro atoms. The third-order valence-electron chi connectivity index (χ3n) is 9.64. The van der Waals surface area contributed by atoms with Gasteiger partial charge in [-0.05, 0) is 79.6 Å². The summed E-state index contributed by atoms with van der Waals surface area (Å²) in [4.78, 5) is 14.7. The molecule has 3 heterocycles. The van der Waals surface area contributed by atoms with Crippen molar-refractivity contribution in [1.82, 2.24) is 15.0 Å². The maximum atomic E-state index is 15.7. The van der Waals surface area contributed by atoms with E-state index < -0.39 is 8.41 Å². The Hall–Kier alpha value is -3.66. The summed E-state index contributed by atoms with van der Waals surface area (Å²) in [5.41, 5.74) is 5.84. The molecule has 0 bridgehead atoms. The van der Waals surface area contributed by atoms with Gasteiger partial charge in [-0.1, -0.05) is 72.8 Å². The molecule has 1 fully saturated rings. The molecular formula is C36H43FN4O3Si. The molecule has 9 heteroatoms. The Bertz CT molecular complexity index is 1590. The van der Waals surface area contributed by atoms with Crippen molar-refractivity contribution < 1.29 is 18.7 Å². The number of carbonyl (C=O) groups is 1. The lowest BCUT2D eigenvalue weighted by Crippen LogP contribution is -2.36. The van der Waals surface area contributed by atoms with Crippen molar-refractivity contribution in [1.29, 1.82) is 0 Å². The van der Waals surface area contributed by atoms with Crippen LogP contribution in [0.15, 0.2) is 85.1 Å². The van der Waals surface area contributed by atoms with Gasteiger partial charge in [-0.2, -0.15) is 0 Å². The maximum absolute atomic E-state index is 15.7. The van der Waals surface area contributed by atoms with Crippen LogP contribution in [0.4, 0.5) is 15.5 Å². The summed E-state index contributed by atoms with van der Waals surface area (Å²) < 4.78 is 24.1. The molecule has 3 aromatic carbocycles. The second kappa shape index (κ2) is 13.4. The van der Waals surface area contributed by atoms with Crippen LogP contribution in [0.25, 0.3) is 0 Å². The van der Waals surface area contributed by atoms with E-state index in [0.29, 0.717) is 19.4 Å². The molecule has 45 heavy (non-hydrogen) atoms. The molecular weight excluding hydrogens is 584 g/mol. The van der Waals surface area contributed by atoms with E-state index in [4.69, 9.17) is 4.74 Å². The second-order valence-electron chi connectivity index (χ2n) is 13.1. The van der Waals surface area contributed by atoms with Gasteiger partial charge in [0.2, 0.25) is 14.3 Å². The number of hydrogen-bond donors (Lipinski definition) is 1. The molecule has 236 valence electrons. The molecule has 7 nitrogen and oxygen atoms in total. The van der Waals surface area contributed by atoms with Gasteiger partial charge >= 0.3 is 0 Å². The van der Waals surface area contributed by atoms with Crippen LogP contribution in [-0.2, 0) is 28.9 Å². The molecule has 2 aliphatic rings. The van der Waals surface area contributed by atoms with Gasteiger partial charge in [0.1, 0.15) is 0 Å². The van der Waals surface area contributed by atoms with E-state index in [1.807, 2.05) is 71.8 Å². The van der Waals surface area contributed by atoms with Crippen LogP contribution in [0.2, 0.25) is 18.6 Å². The molecule has 1 unspecified atom stereocenters. The van der Waals surface area contributed by atoms with Crippen LogP contribution >= 0.6 is 0 Å². The predicted octanol–water partition coefficient (Wildman–Crippen LogP) is 6.98. The second-order valence-corrected chi connectivity index (χ2v) is 16.9. The monoisotopic (exact) mass is 626 g/mol. The number of ether oxygens (including phenoxy) is 1. The van der Waals surface area contributed by atoms with Crippen LogP contribution in [0.3, 0.4) is 0 Å². The number of halogens is 1. The zero-order chi connectivity index (χ0) is 31.6. The number of nitrogens with zero attached hydrogens (tertiary/aromatic N) is 4. The fourth-order valence-corrected chi connectivity index (χ4v) is 9.97. The van der Waals surface area contributed by atoms with Gasteiger partial charge in [-0.15, -0.1) is 5.10 Å². The first-order valence-electron chi connectivity index (χ1n) is 16.1. The van der Waals surface area contributed by atoms with Gasteiger partial charge in [0.15, 0.2) is 0 Å². The Kier molecular flexibility index (Phi) is 9.30. The smallest absolute Gasteiger partial charge is 0.246 e. The van der Waals surface area contributed by atoms with Crippen molar-refractivity contribution in [3.63, 3.8) is 0 Å². The van der Waals surface area contributed by atoms with Gasteiger partial charge in [-0.25, -0.2) is 0 Å². The summed E-state index contributed by atoms with van der Waals surface area (Å²) in [5, 5.41) is 18.7. The summed E-state index contributed by atoms with van der Waals surface area (Å²) in [5.74, 6) is 0.00467. The first-order valence-corrected chi connectivity index (χ1v) is 19.1. The highest BCUT2D eigenvalue weighted by atomic mass is 28.4. The lowest BCUT2D eigenvalue weighted by Gasteiger charge is -2.29. The number of hydrogen-bond acceptors (Lipinski definition) is 5. The minimum Gasteiger partial charge on any atom is -0.395 e. The first-order chi connectivity index (χ1) is 21.7. The van der Waals surface area contributed by atoms with Crippen LogP contribution < -0.4 is 4.90 Å². The van der Waals surface area contributed by atoms with Gasteiger partial charge in [0.25, 0.3) is 0 Å². The minimum absolute atomic E-state index is 0.0269. The Morgan fingerprint density at radius 2 is 1.71 bits per heavy atom. The van der Waals surface area contributed by atoms with Crippen LogP contribution in [-0.4, -0.2) is 53.2 Å². The maximum Gasteiger partial charge on any atom is 0.246 e. The number of amides is 1. The number of aromatic nitrogens is 3. The average Bonchev–Trinajstić information content (AvgIpc) is 3.64. The number of anilines is 2. The van der Waals surface area contributed by atoms with Crippen molar-refractivity contribution >= 4 is 25.7 Å². The van der Waals surface area contributed by atoms with E-state index in [1.54, 1.807) is 17.8 Å². The fraction of sp³-hybridized carbons (Fsp3) is 0.417. The highest BCUT2D eigenvalue weighted by Crippen LogP contribution is 2.47. The molecule has 1 aromatic heterocycles. The molecule has 5 atom stereocenters. The number of carbonyl (C=O) groups excluding carboxylic acids is 1. The molecule has 1 saturated heterocycles. The number of benzene rings is 3. The van der Waals surface area contributed by atoms with Gasteiger partial charge < -0.3 is 14.0 Å². The lowest BCUT2D eigenvalue weighted by molar-refractivity contribution is -0.118. The molecule has 0 aliphatic carbocycles. The lowest BCUT2D eigenvalue weighted by atomic mass is 9.95. The van der Waals surface area contributed by atoms with Crippen molar-refractivity contribution in [3.05, 3.63) is 107 Å². The summed E-state index contributed by atoms with van der Waals surface area (Å²) in [7, 11) is -3.00. The Morgan fingerprint density at radius 3 is 2.44 bits per heavy atom. The number of aliphatic hydroxyl groups is 1. The number of rotatable bonds is 11. The molecule has 1 N–H and O–H groups in total. The Labute approximate surface area is 266 Å². The quantitative estimate of drug-likeness (QED) is 0.144. The van der Waals surface area contributed by atoms with E-state index in [2.05, 4.69) is 35.4 Å². The van der Waals surface area contributed by atoms with Gasteiger partial charge in [-0.3, -0.25) is 14.4 Å². The highest BCUT2D eigenvalue weighted by molar-refractivity contribution is 6.72. The number of aliphatic hydroxyl groups excluding tert-OH is 1. The minimum atomic E-state index is -3.00. The Balaban J connectivity index is 1.09. The topological polar surface area (TPSA) is 80.5 Å². The van der Waals surface area contributed by atoms with Crippen molar-refractivity contribution in [2.45, 2.75) is 82.3 Å². The molecule has 4 aromatic rings. The van der Waals surface area contributed by atoms with E-state index in [9.17, 15) is 9.90 Å². The third kappa shape index (κ3) is 6.81. The zero-order valence-corrected chi connectivity index (χ0v) is 27.3. The van der Waals surface area contributed by atoms with Crippen LogP contribution in [0.5, 0.6) is 0 Å².